The number of carbonyl (C=O) groups excluding carboxylic acids is 1. The number of rotatable bonds is 4. The second kappa shape index (κ2) is 5.53. The molecule has 0 saturated carbocycles. The molecule has 0 fully saturated rings. The van der Waals surface area contributed by atoms with E-state index in [2.05, 4.69) is 16.9 Å². The molecule has 2 atom stereocenters. The van der Waals surface area contributed by atoms with Gasteiger partial charge in [-0.25, -0.2) is 0 Å². The predicted molar refractivity (Wildman–Crippen MR) is 65.0 cm³/mol. The molecule has 0 radical (unpaired) electrons. The number of ether oxygens (including phenoxy) is 1. The average molecular weight is 286 g/mol. The molecule has 0 saturated heterocycles. The first-order valence-electron chi connectivity index (χ1n) is 5.41. The van der Waals surface area contributed by atoms with E-state index in [1.165, 1.54) is 0 Å². The fourth-order valence-corrected chi connectivity index (χ4v) is 3.69. The van der Waals surface area contributed by atoms with Gasteiger partial charge in [-0.2, -0.15) is 0 Å². The Hall–Kier alpha value is -0.762. The van der Waals surface area contributed by atoms with E-state index >= 15 is 0 Å². The van der Waals surface area contributed by atoms with Gasteiger partial charge < -0.3 is 0 Å². The molecule has 0 aromatic carbocycles. The molecule has 0 aliphatic rings. The van der Waals surface area contributed by atoms with Crippen molar-refractivity contribution in [2.24, 2.45) is 0 Å². The quantitative estimate of drug-likeness (QED) is 0.864. The zero-order valence-electron chi connectivity index (χ0n) is 10.2. The summed E-state index contributed by atoms with van der Waals surface area (Å²) < 4.78 is 5.54. The first-order valence-corrected chi connectivity index (χ1v) is 7.67. The van der Waals surface area contributed by atoms with Crippen LogP contribution in [0.5, 0.6) is 0 Å². The Bertz CT molecular complexity index is 330. The second-order valence-electron chi connectivity index (χ2n) is 4.58. The van der Waals surface area contributed by atoms with Crippen molar-refractivity contribution in [3.8, 4) is 0 Å². The first kappa shape index (κ1) is 13.3. The second-order valence-corrected chi connectivity index (χ2v) is 7.51. The summed E-state index contributed by atoms with van der Waals surface area (Å²) in [5.41, 5.74) is -0.387. The molecule has 16 heavy (non-hydrogen) atoms. The Morgan fingerprint density at radius 1 is 1.62 bits per heavy atom. The van der Waals surface area contributed by atoms with Gasteiger partial charge in [0, 0.05) is 0 Å². The van der Waals surface area contributed by atoms with Crippen LogP contribution in [-0.2, 0) is 4.74 Å². The van der Waals surface area contributed by atoms with Crippen LogP contribution in [0.15, 0.2) is 12.4 Å². The van der Waals surface area contributed by atoms with Crippen molar-refractivity contribution in [2.75, 3.05) is 0 Å². The molecule has 5 heteroatoms. The summed E-state index contributed by atoms with van der Waals surface area (Å²) in [6.45, 7) is 7.75. The molecule has 0 aliphatic heterocycles. The fraction of sp³-hybridized carbons (Fsp3) is 0.636. The van der Waals surface area contributed by atoms with Crippen molar-refractivity contribution in [3.63, 3.8) is 0 Å². The number of H-pyrrole nitrogens is 1. The summed E-state index contributed by atoms with van der Waals surface area (Å²) in [6.07, 6.45) is 4.44. The van der Waals surface area contributed by atoms with Crippen LogP contribution in [0.2, 0.25) is 0 Å². The van der Waals surface area contributed by atoms with E-state index in [0.717, 1.165) is 12.2 Å². The van der Waals surface area contributed by atoms with Gasteiger partial charge in [-0.05, 0) is 0 Å². The van der Waals surface area contributed by atoms with Gasteiger partial charge in [0.2, 0.25) is 0 Å². The van der Waals surface area contributed by atoms with Crippen molar-refractivity contribution in [3.05, 3.63) is 18.2 Å². The van der Waals surface area contributed by atoms with Crippen LogP contribution in [0.25, 0.3) is 0 Å². The molecule has 90 valence electrons. The van der Waals surface area contributed by atoms with Gasteiger partial charge in [-0.15, -0.1) is 0 Å². The molecule has 1 rings (SSSR count). The van der Waals surface area contributed by atoms with Crippen LogP contribution in [0, 0.1) is 0 Å². The molecule has 0 aliphatic carbocycles. The standard InChI is InChI=1S/C11H19AsN2O2/c1-5-8(9-13-6-7-14-9)12-10(15)16-11(2,3)4/h6-8,12H,5H2,1-4H3,(H,13,14). The molecule has 0 spiro atoms. The molecular formula is C11H19AsN2O2. The van der Waals surface area contributed by atoms with Crippen LogP contribution in [0.1, 0.15) is 44.6 Å². The number of imidazole rings is 1. The maximum absolute atomic E-state index is 11.7. The molecule has 1 heterocycles. The van der Waals surface area contributed by atoms with Crippen LogP contribution < -0.4 is 0 Å². The molecule has 1 aromatic rings. The van der Waals surface area contributed by atoms with Gasteiger partial charge in [0.15, 0.2) is 0 Å². The number of aromatic nitrogens is 2. The molecule has 0 bridgehead atoms. The van der Waals surface area contributed by atoms with Crippen molar-refractivity contribution in [1.82, 2.24) is 9.97 Å². The Labute approximate surface area is 103 Å². The number of hydrogen-bond acceptors (Lipinski definition) is 3. The monoisotopic (exact) mass is 286 g/mol. The third-order valence-corrected chi connectivity index (χ3v) is 4.82. The van der Waals surface area contributed by atoms with E-state index in [1.807, 2.05) is 20.8 Å². The summed E-state index contributed by atoms with van der Waals surface area (Å²) in [5, 5.41) is 0. The van der Waals surface area contributed by atoms with Crippen LogP contribution in [0.4, 0.5) is 4.79 Å². The minimum absolute atomic E-state index is 0.0456. The topological polar surface area (TPSA) is 55.0 Å². The van der Waals surface area contributed by atoms with Gasteiger partial charge in [0.1, 0.15) is 0 Å². The molecular weight excluding hydrogens is 267 g/mol. The van der Waals surface area contributed by atoms with Crippen molar-refractivity contribution >= 4 is 20.5 Å². The molecule has 2 unspecified atom stereocenters. The predicted octanol–water partition coefficient (Wildman–Crippen LogP) is 2.23. The minimum atomic E-state index is -0.821. The maximum atomic E-state index is 11.7. The van der Waals surface area contributed by atoms with Crippen LogP contribution in [-0.4, -0.2) is 36.1 Å². The Morgan fingerprint density at radius 3 is 2.75 bits per heavy atom. The Kier molecular flexibility index (Phi) is 4.60. The molecule has 1 N–H and O–H groups in total. The van der Waals surface area contributed by atoms with E-state index in [1.54, 1.807) is 12.4 Å². The summed E-state index contributed by atoms with van der Waals surface area (Å²) >= 11 is -0.821. The molecule has 0 amide bonds. The van der Waals surface area contributed by atoms with Crippen LogP contribution >= 0.6 is 0 Å². The van der Waals surface area contributed by atoms with Gasteiger partial charge in [0.05, 0.1) is 0 Å². The molecule has 1 aromatic heterocycles. The van der Waals surface area contributed by atoms with Gasteiger partial charge in [-0.1, -0.05) is 0 Å². The third kappa shape index (κ3) is 4.40. The summed E-state index contributed by atoms with van der Waals surface area (Å²) in [5.74, 6) is 0.911. The zero-order chi connectivity index (χ0) is 12.2. The van der Waals surface area contributed by atoms with Gasteiger partial charge >= 0.3 is 103 Å². The Balaban J connectivity index is 2.55. The Morgan fingerprint density at radius 2 is 2.31 bits per heavy atom. The number of aromatic amines is 1. The van der Waals surface area contributed by atoms with E-state index < -0.39 is 15.8 Å². The average Bonchev–Trinajstić information content (AvgIpc) is 2.63. The summed E-state index contributed by atoms with van der Waals surface area (Å²) in [4.78, 5) is 19.0. The number of nitrogens with zero attached hydrogens (tertiary/aromatic N) is 1. The fourth-order valence-electron chi connectivity index (χ4n) is 1.28. The summed E-state index contributed by atoms with van der Waals surface area (Å²) in [6, 6.07) is 0. The number of hydrogen-bond donors (Lipinski definition) is 1. The van der Waals surface area contributed by atoms with Gasteiger partial charge in [0.25, 0.3) is 0 Å². The van der Waals surface area contributed by atoms with E-state index in [0.29, 0.717) is 0 Å². The van der Waals surface area contributed by atoms with Gasteiger partial charge in [-0.3, -0.25) is 0 Å². The first-order chi connectivity index (χ1) is 7.42. The normalized spacial score (nSPS) is 14.2. The SMILES string of the molecule is CCC([AsH]C(=O)OC(C)(C)C)c1ncc[nH]1. The van der Waals surface area contributed by atoms with E-state index in [9.17, 15) is 4.79 Å². The third-order valence-electron chi connectivity index (χ3n) is 1.95. The number of carbonyl (C=O) groups is 1. The van der Waals surface area contributed by atoms with E-state index in [4.69, 9.17) is 4.74 Å². The number of nitrogens with one attached hydrogen (secondary N) is 1. The molecule has 4 nitrogen and oxygen atoms in total. The summed E-state index contributed by atoms with van der Waals surface area (Å²) in [7, 11) is 0. The van der Waals surface area contributed by atoms with Crippen molar-refractivity contribution in [2.45, 2.75) is 44.4 Å². The van der Waals surface area contributed by atoms with Crippen molar-refractivity contribution in [1.29, 1.82) is 0 Å². The van der Waals surface area contributed by atoms with Crippen LogP contribution in [0.3, 0.4) is 0 Å². The van der Waals surface area contributed by atoms with Crippen molar-refractivity contribution < 1.29 is 9.53 Å². The zero-order valence-corrected chi connectivity index (χ0v) is 12.3. The van der Waals surface area contributed by atoms with E-state index in [-0.39, 0.29) is 15.1 Å².